The molecule has 33 heavy (non-hydrogen) atoms. The van der Waals surface area contributed by atoms with E-state index in [-0.39, 0.29) is 18.6 Å². The Balaban J connectivity index is 1.50. The zero-order chi connectivity index (χ0) is 23.4. The molecule has 0 amide bonds. The molecule has 1 aliphatic heterocycles. The van der Waals surface area contributed by atoms with Gasteiger partial charge in [-0.05, 0) is 60.2 Å². The van der Waals surface area contributed by atoms with Crippen LogP contribution in [0, 0.1) is 6.92 Å². The molecule has 1 N–H and O–H groups in total. The summed E-state index contributed by atoms with van der Waals surface area (Å²) >= 11 is 0. The van der Waals surface area contributed by atoms with Crippen molar-refractivity contribution < 1.29 is 23.0 Å². The second-order valence-corrected chi connectivity index (χ2v) is 8.34. The number of nitrogens with zero attached hydrogens (tertiary/aromatic N) is 2. The molecule has 0 aliphatic carbocycles. The van der Waals surface area contributed by atoms with Gasteiger partial charge >= 0.3 is 6.18 Å². The van der Waals surface area contributed by atoms with Gasteiger partial charge in [0.2, 0.25) is 5.88 Å². The van der Waals surface area contributed by atoms with E-state index in [2.05, 4.69) is 47.1 Å². The van der Waals surface area contributed by atoms with E-state index < -0.39 is 11.7 Å². The molecular weight excluding hydrogens is 429 g/mol. The number of anilines is 1. The number of aliphatic hydroxyl groups excluding tert-OH is 1. The summed E-state index contributed by atoms with van der Waals surface area (Å²) in [6, 6.07) is 16.9. The molecule has 4 rings (SSSR count). The van der Waals surface area contributed by atoms with Crippen molar-refractivity contribution in [3.8, 4) is 17.0 Å². The summed E-state index contributed by atoms with van der Waals surface area (Å²) in [5, 5.41) is 9.38. The average Bonchev–Trinajstić information content (AvgIpc) is 3.26. The van der Waals surface area contributed by atoms with Crippen molar-refractivity contribution in [2.24, 2.45) is 0 Å². The highest BCUT2D eigenvalue weighted by molar-refractivity contribution is 5.71. The van der Waals surface area contributed by atoms with Gasteiger partial charge in [0.25, 0.3) is 0 Å². The van der Waals surface area contributed by atoms with Gasteiger partial charge in [0.05, 0.1) is 12.1 Å². The van der Waals surface area contributed by atoms with E-state index in [4.69, 9.17) is 4.74 Å². The monoisotopic (exact) mass is 456 g/mol. The molecule has 0 bridgehead atoms. The van der Waals surface area contributed by atoms with Crippen LogP contribution in [-0.2, 0) is 12.6 Å². The third kappa shape index (κ3) is 5.47. The molecule has 1 aromatic heterocycles. The van der Waals surface area contributed by atoms with Crippen LogP contribution in [0.15, 0.2) is 60.8 Å². The van der Waals surface area contributed by atoms with Crippen molar-refractivity contribution in [2.75, 3.05) is 24.6 Å². The summed E-state index contributed by atoms with van der Waals surface area (Å²) in [7, 11) is 0. The third-order valence-corrected chi connectivity index (χ3v) is 5.98. The van der Waals surface area contributed by atoms with E-state index in [1.807, 2.05) is 12.1 Å². The average molecular weight is 457 g/mol. The van der Waals surface area contributed by atoms with Crippen LogP contribution < -0.4 is 9.64 Å². The molecule has 1 atom stereocenters. The van der Waals surface area contributed by atoms with Crippen LogP contribution in [0.25, 0.3) is 11.1 Å². The van der Waals surface area contributed by atoms with Crippen molar-refractivity contribution in [2.45, 2.75) is 38.5 Å². The number of alkyl halides is 3. The predicted octanol–water partition coefficient (Wildman–Crippen LogP) is 5.66. The van der Waals surface area contributed by atoms with Crippen LogP contribution in [0.4, 0.5) is 18.9 Å². The van der Waals surface area contributed by atoms with Crippen molar-refractivity contribution >= 4 is 5.69 Å². The second-order valence-electron chi connectivity index (χ2n) is 8.34. The van der Waals surface area contributed by atoms with E-state index in [1.165, 1.54) is 17.2 Å². The number of aromatic nitrogens is 1. The highest BCUT2D eigenvalue weighted by atomic mass is 19.4. The molecule has 1 unspecified atom stereocenters. The zero-order valence-electron chi connectivity index (χ0n) is 18.5. The van der Waals surface area contributed by atoms with E-state index in [0.717, 1.165) is 48.5 Å². The molecule has 3 aromatic rings. The lowest BCUT2D eigenvalue weighted by Gasteiger charge is -2.23. The summed E-state index contributed by atoms with van der Waals surface area (Å²) < 4.78 is 44.1. The molecule has 1 fully saturated rings. The minimum atomic E-state index is -4.41. The molecule has 2 aromatic carbocycles. The van der Waals surface area contributed by atoms with Crippen LogP contribution in [0.2, 0.25) is 0 Å². The van der Waals surface area contributed by atoms with Gasteiger partial charge in [-0.3, -0.25) is 0 Å². The molecule has 0 spiro atoms. The van der Waals surface area contributed by atoms with Gasteiger partial charge in [-0.2, -0.15) is 13.2 Å². The maximum absolute atomic E-state index is 12.7. The summed E-state index contributed by atoms with van der Waals surface area (Å²) in [6.07, 6.45) is -1.58. The number of hydrogen-bond donors (Lipinski definition) is 1. The van der Waals surface area contributed by atoms with Crippen LogP contribution >= 0.6 is 0 Å². The number of aryl methyl sites for hydroxylation is 2. The van der Waals surface area contributed by atoms with Crippen molar-refractivity contribution in [3.05, 3.63) is 77.5 Å². The topological polar surface area (TPSA) is 45.6 Å². The van der Waals surface area contributed by atoms with E-state index in [9.17, 15) is 18.3 Å². The highest BCUT2D eigenvalue weighted by Crippen LogP contribution is 2.33. The smallest absolute Gasteiger partial charge is 0.417 e. The first-order valence-corrected chi connectivity index (χ1v) is 11.1. The Morgan fingerprint density at radius 2 is 1.94 bits per heavy atom. The van der Waals surface area contributed by atoms with Crippen LogP contribution in [-0.4, -0.2) is 35.9 Å². The Morgan fingerprint density at radius 3 is 2.64 bits per heavy atom. The normalized spacial score (nSPS) is 16.3. The molecule has 2 heterocycles. The Bertz CT molecular complexity index is 1080. The largest absolute Gasteiger partial charge is 0.472 e. The molecule has 7 heteroatoms. The van der Waals surface area contributed by atoms with E-state index in [1.54, 1.807) is 0 Å². The second kappa shape index (κ2) is 9.83. The standard InChI is InChI=1S/C26H27F3N2O2/c1-18-5-2-3-7-23(18)19-8-10-24(20(15-19)6-4-14-32)31-13-12-22(17-31)33-25-11-9-21(16-30-25)26(27,28)29/h2-3,5,7-11,15-16,22,32H,4,6,12-14,17H2,1H3. The molecular formula is C26H27F3N2O2. The number of hydrogen-bond acceptors (Lipinski definition) is 4. The lowest BCUT2D eigenvalue weighted by Crippen LogP contribution is -2.25. The maximum Gasteiger partial charge on any atom is 0.417 e. The molecule has 4 nitrogen and oxygen atoms in total. The van der Waals surface area contributed by atoms with Gasteiger partial charge in [0, 0.05) is 37.5 Å². The lowest BCUT2D eigenvalue weighted by atomic mass is 9.96. The summed E-state index contributed by atoms with van der Waals surface area (Å²) in [4.78, 5) is 6.07. The summed E-state index contributed by atoms with van der Waals surface area (Å²) in [5.74, 6) is 0.199. The SMILES string of the molecule is Cc1ccccc1-c1ccc(N2CCC(Oc3ccc(C(F)(F)F)cn3)C2)c(CCCO)c1. The van der Waals surface area contributed by atoms with E-state index in [0.29, 0.717) is 13.0 Å². The number of ether oxygens (including phenoxy) is 1. The number of pyridine rings is 1. The first-order chi connectivity index (χ1) is 15.8. The van der Waals surface area contributed by atoms with Crippen molar-refractivity contribution in [3.63, 3.8) is 0 Å². The summed E-state index contributed by atoms with van der Waals surface area (Å²) in [6.45, 7) is 3.62. The number of benzene rings is 2. The maximum atomic E-state index is 12.7. The van der Waals surface area contributed by atoms with Gasteiger partial charge in [-0.1, -0.05) is 30.3 Å². The molecule has 174 valence electrons. The Morgan fingerprint density at radius 1 is 1.12 bits per heavy atom. The lowest BCUT2D eigenvalue weighted by molar-refractivity contribution is -0.137. The first-order valence-electron chi connectivity index (χ1n) is 11.1. The van der Waals surface area contributed by atoms with Crippen LogP contribution in [0.3, 0.4) is 0 Å². The predicted molar refractivity (Wildman–Crippen MR) is 123 cm³/mol. The van der Waals surface area contributed by atoms with Gasteiger partial charge in [-0.15, -0.1) is 0 Å². The van der Waals surface area contributed by atoms with Crippen LogP contribution in [0.1, 0.15) is 29.5 Å². The van der Waals surface area contributed by atoms with E-state index >= 15 is 0 Å². The number of rotatable bonds is 7. The molecule has 0 radical (unpaired) electrons. The fraction of sp³-hybridized carbons (Fsp3) is 0.346. The highest BCUT2D eigenvalue weighted by Gasteiger charge is 2.31. The van der Waals surface area contributed by atoms with Crippen molar-refractivity contribution in [1.82, 2.24) is 4.98 Å². The van der Waals surface area contributed by atoms with Gasteiger partial charge in [-0.25, -0.2) is 4.98 Å². The van der Waals surface area contributed by atoms with Crippen molar-refractivity contribution in [1.29, 1.82) is 0 Å². The molecule has 1 saturated heterocycles. The van der Waals surface area contributed by atoms with Gasteiger partial charge < -0.3 is 14.7 Å². The zero-order valence-corrected chi connectivity index (χ0v) is 18.5. The molecule has 0 saturated carbocycles. The van der Waals surface area contributed by atoms with Gasteiger partial charge in [0.1, 0.15) is 6.10 Å². The first kappa shape index (κ1) is 23.1. The third-order valence-electron chi connectivity index (χ3n) is 5.98. The number of halogens is 3. The van der Waals surface area contributed by atoms with Crippen LogP contribution in [0.5, 0.6) is 5.88 Å². The minimum absolute atomic E-state index is 0.124. The molecule has 1 aliphatic rings. The fourth-order valence-electron chi connectivity index (χ4n) is 4.26. The quantitative estimate of drug-likeness (QED) is 0.499. The Hall–Kier alpha value is -3.06. The number of aliphatic hydroxyl groups is 1. The Kier molecular flexibility index (Phi) is 6.88. The minimum Gasteiger partial charge on any atom is -0.472 e. The Labute approximate surface area is 191 Å². The fourth-order valence-corrected chi connectivity index (χ4v) is 4.26. The van der Waals surface area contributed by atoms with Gasteiger partial charge in [0.15, 0.2) is 0 Å². The summed E-state index contributed by atoms with van der Waals surface area (Å²) in [5.41, 5.74) is 5.02.